The maximum atomic E-state index is 8.65. The van der Waals surface area contributed by atoms with Crippen LogP contribution < -0.4 is 11.1 Å². The highest BCUT2D eigenvalue weighted by Gasteiger charge is 2.16. The molecule has 2 rings (SSSR count). The molecule has 0 radical (unpaired) electrons. The first-order valence-corrected chi connectivity index (χ1v) is 6.87. The quantitative estimate of drug-likeness (QED) is 0.324. The number of hydrogen-bond acceptors (Lipinski definition) is 4. The second-order valence-electron chi connectivity index (χ2n) is 4.38. The molecule has 1 heterocycles. The van der Waals surface area contributed by atoms with Crippen molar-refractivity contribution in [3.63, 3.8) is 0 Å². The number of fused-ring (bicyclic) bond motifs is 1. The van der Waals surface area contributed by atoms with Crippen LogP contribution in [0.3, 0.4) is 0 Å². The summed E-state index contributed by atoms with van der Waals surface area (Å²) in [5, 5.41) is 15.0. The first-order chi connectivity index (χ1) is 8.24. The fraction of sp³-hybridized carbons (Fsp3) is 0.583. The lowest BCUT2D eigenvalue weighted by Crippen LogP contribution is -2.40. The van der Waals surface area contributed by atoms with Gasteiger partial charge in [0, 0.05) is 16.3 Å². The molecule has 1 aliphatic carbocycles. The maximum absolute atomic E-state index is 8.65. The molecule has 4 N–H and O–H groups in total. The summed E-state index contributed by atoms with van der Waals surface area (Å²) in [7, 11) is 0. The molecule has 1 aliphatic rings. The zero-order chi connectivity index (χ0) is 12.3. The summed E-state index contributed by atoms with van der Waals surface area (Å²) in [6, 6.07) is 2.25. The Balaban J connectivity index is 1.92. The first kappa shape index (κ1) is 12.4. The third-order valence-electron chi connectivity index (χ3n) is 3.20. The molecule has 1 aromatic heterocycles. The Kier molecular flexibility index (Phi) is 4.02. The Bertz CT molecular complexity index is 392. The minimum Gasteiger partial charge on any atom is -0.409 e. The van der Waals surface area contributed by atoms with E-state index in [4.69, 9.17) is 10.9 Å². The van der Waals surface area contributed by atoms with Gasteiger partial charge in [0.05, 0.1) is 6.04 Å². The Labute approximate surface area is 106 Å². The number of nitrogens with zero attached hydrogens (tertiary/aromatic N) is 1. The summed E-state index contributed by atoms with van der Waals surface area (Å²) in [5.74, 6) is 0.261. The van der Waals surface area contributed by atoms with Crippen LogP contribution in [0.5, 0.6) is 0 Å². The van der Waals surface area contributed by atoms with Crippen LogP contribution in [0.25, 0.3) is 0 Å². The average molecular weight is 253 g/mol. The van der Waals surface area contributed by atoms with Crippen LogP contribution in [0.4, 0.5) is 0 Å². The second kappa shape index (κ2) is 5.51. The number of amidine groups is 1. The van der Waals surface area contributed by atoms with Crippen LogP contribution in [-0.4, -0.2) is 17.1 Å². The largest absolute Gasteiger partial charge is 0.409 e. The van der Waals surface area contributed by atoms with Gasteiger partial charge in [0.15, 0.2) is 5.84 Å². The molecule has 0 saturated heterocycles. The molecule has 0 aromatic carbocycles. The first-order valence-electron chi connectivity index (χ1n) is 6.05. The third kappa shape index (κ3) is 2.79. The van der Waals surface area contributed by atoms with Crippen molar-refractivity contribution in [1.82, 2.24) is 5.32 Å². The topological polar surface area (TPSA) is 70.6 Å². The van der Waals surface area contributed by atoms with Gasteiger partial charge in [-0.3, -0.25) is 0 Å². The summed E-state index contributed by atoms with van der Waals surface area (Å²) < 4.78 is 0. The van der Waals surface area contributed by atoms with E-state index in [-0.39, 0.29) is 11.9 Å². The maximum Gasteiger partial charge on any atom is 0.156 e. The van der Waals surface area contributed by atoms with Crippen LogP contribution >= 0.6 is 11.3 Å². The average Bonchev–Trinajstić information content (AvgIpc) is 2.89. The van der Waals surface area contributed by atoms with E-state index >= 15 is 0 Å². The van der Waals surface area contributed by atoms with Gasteiger partial charge in [-0.05, 0) is 37.3 Å². The van der Waals surface area contributed by atoms with Crippen LogP contribution in [0.1, 0.15) is 35.1 Å². The van der Waals surface area contributed by atoms with Crippen LogP contribution in [0, 0.1) is 0 Å². The Morgan fingerprint density at radius 2 is 2.47 bits per heavy atom. The fourth-order valence-electron chi connectivity index (χ4n) is 2.23. The monoisotopic (exact) mass is 253 g/mol. The van der Waals surface area contributed by atoms with Crippen molar-refractivity contribution in [2.45, 2.75) is 45.2 Å². The van der Waals surface area contributed by atoms with Gasteiger partial charge >= 0.3 is 0 Å². The van der Waals surface area contributed by atoms with Gasteiger partial charge in [-0.15, -0.1) is 11.3 Å². The molecule has 0 fully saturated rings. The molecular weight excluding hydrogens is 234 g/mol. The zero-order valence-corrected chi connectivity index (χ0v) is 10.9. The lowest BCUT2D eigenvalue weighted by Gasteiger charge is -2.14. The SMILES string of the molecule is CCC(NCc1cc2c(s1)CCC2)C(N)=NO. The van der Waals surface area contributed by atoms with Gasteiger partial charge in [0.2, 0.25) is 0 Å². The zero-order valence-electron chi connectivity index (χ0n) is 10.1. The molecule has 1 aromatic rings. The number of aryl methyl sites for hydroxylation is 2. The Hall–Kier alpha value is -1.07. The number of oxime groups is 1. The predicted molar refractivity (Wildman–Crippen MR) is 70.7 cm³/mol. The predicted octanol–water partition coefficient (Wildman–Crippen LogP) is 1.85. The van der Waals surface area contributed by atoms with Crippen LogP contribution in [-0.2, 0) is 19.4 Å². The van der Waals surface area contributed by atoms with Crippen molar-refractivity contribution in [2.75, 3.05) is 0 Å². The van der Waals surface area contributed by atoms with E-state index in [2.05, 4.69) is 16.5 Å². The lowest BCUT2D eigenvalue weighted by atomic mass is 10.2. The molecule has 94 valence electrons. The van der Waals surface area contributed by atoms with Gasteiger partial charge in [-0.2, -0.15) is 0 Å². The molecule has 0 saturated carbocycles. The van der Waals surface area contributed by atoms with E-state index < -0.39 is 0 Å². The summed E-state index contributed by atoms with van der Waals surface area (Å²) in [4.78, 5) is 2.89. The highest BCUT2D eigenvalue weighted by atomic mass is 32.1. The number of thiophene rings is 1. The lowest BCUT2D eigenvalue weighted by molar-refractivity contribution is 0.314. The van der Waals surface area contributed by atoms with Crippen LogP contribution in [0.15, 0.2) is 11.2 Å². The van der Waals surface area contributed by atoms with E-state index in [0.29, 0.717) is 0 Å². The van der Waals surface area contributed by atoms with Crippen LogP contribution in [0.2, 0.25) is 0 Å². The number of nitrogens with two attached hydrogens (primary N) is 1. The molecule has 4 nitrogen and oxygen atoms in total. The summed E-state index contributed by atoms with van der Waals surface area (Å²) in [6.07, 6.45) is 4.58. The standard InChI is InChI=1S/C12H19N3OS/c1-2-10(12(13)15-16)14-7-9-6-8-4-3-5-11(8)17-9/h6,10,14,16H,2-5,7H2,1H3,(H2,13,15). The van der Waals surface area contributed by atoms with Crippen molar-refractivity contribution in [3.8, 4) is 0 Å². The number of nitrogens with one attached hydrogen (secondary N) is 1. The summed E-state index contributed by atoms with van der Waals surface area (Å²) in [6.45, 7) is 2.82. The fourth-order valence-corrected chi connectivity index (χ4v) is 3.44. The number of rotatable bonds is 5. The Morgan fingerprint density at radius 1 is 1.65 bits per heavy atom. The molecule has 0 amide bonds. The number of hydrogen-bond donors (Lipinski definition) is 3. The van der Waals surface area contributed by atoms with E-state index in [0.717, 1.165) is 13.0 Å². The molecule has 1 unspecified atom stereocenters. The molecule has 0 spiro atoms. The highest BCUT2D eigenvalue weighted by Crippen LogP contribution is 2.30. The third-order valence-corrected chi connectivity index (χ3v) is 4.44. The minimum absolute atomic E-state index is 0.0445. The van der Waals surface area contributed by atoms with Gasteiger partial charge in [-0.1, -0.05) is 12.1 Å². The summed E-state index contributed by atoms with van der Waals surface area (Å²) >= 11 is 1.89. The van der Waals surface area contributed by atoms with Gasteiger partial charge in [0.1, 0.15) is 0 Å². The van der Waals surface area contributed by atoms with Crippen molar-refractivity contribution in [3.05, 3.63) is 21.4 Å². The van der Waals surface area contributed by atoms with E-state index in [1.807, 2.05) is 18.3 Å². The summed E-state index contributed by atoms with van der Waals surface area (Å²) in [5.41, 5.74) is 7.12. The van der Waals surface area contributed by atoms with E-state index in [1.165, 1.54) is 29.7 Å². The molecule has 0 bridgehead atoms. The van der Waals surface area contributed by atoms with Gasteiger partial charge in [0.25, 0.3) is 0 Å². The molecular formula is C12H19N3OS. The van der Waals surface area contributed by atoms with E-state index in [1.54, 1.807) is 4.88 Å². The van der Waals surface area contributed by atoms with Crippen molar-refractivity contribution >= 4 is 17.2 Å². The van der Waals surface area contributed by atoms with E-state index in [9.17, 15) is 0 Å². The van der Waals surface area contributed by atoms with Crippen molar-refractivity contribution in [2.24, 2.45) is 10.9 Å². The molecule has 1 atom stereocenters. The molecule has 5 heteroatoms. The van der Waals surface area contributed by atoms with Crippen molar-refractivity contribution < 1.29 is 5.21 Å². The van der Waals surface area contributed by atoms with Gasteiger partial charge in [-0.25, -0.2) is 0 Å². The molecule has 17 heavy (non-hydrogen) atoms. The Morgan fingerprint density at radius 3 is 3.12 bits per heavy atom. The smallest absolute Gasteiger partial charge is 0.156 e. The molecule has 0 aliphatic heterocycles. The van der Waals surface area contributed by atoms with Crippen molar-refractivity contribution in [1.29, 1.82) is 0 Å². The normalized spacial score (nSPS) is 17.1. The second-order valence-corrected chi connectivity index (χ2v) is 5.60. The minimum atomic E-state index is -0.0445. The van der Waals surface area contributed by atoms with Gasteiger partial charge < -0.3 is 16.3 Å². The highest BCUT2D eigenvalue weighted by molar-refractivity contribution is 7.12.